The monoisotopic (exact) mass is 404 g/mol. The smallest absolute Gasteiger partial charge is 0.337 e. The number of benzene rings is 1. The van der Waals surface area contributed by atoms with Gasteiger partial charge in [0.05, 0.1) is 26.9 Å². The van der Waals surface area contributed by atoms with E-state index >= 15 is 0 Å². The highest BCUT2D eigenvalue weighted by molar-refractivity contribution is 5.91. The van der Waals surface area contributed by atoms with Gasteiger partial charge in [-0.15, -0.1) is 0 Å². The standard InChI is InChI=1S/C22H28O7/c1-7-15(3)21(23)29-14-17(8-2)22(24)28-11-9-10-16-12-18(25-4)20(27-6)19(13-16)26-5/h7-10,12-13H,11,14H2,1-6H3. The molecule has 0 atom stereocenters. The lowest BCUT2D eigenvalue weighted by atomic mass is 10.1. The molecule has 0 fully saturated rings. The van der Waals surface area contributed by atoms with Gasteiger partial charge in [0.1, 0.15) is 13.2 Å². The molecule has 0 aliphatic rings. The first-order chi connectivity index (χ1) is 13.9. The minimum atomic E-state index is -0.548. The van der Waals surface area contributed by atoms with Crippen LogP contribution in [0.25, 0.3) is 6.08 Å². The lowest BCUT2D eigenvalue weighted by Crippen LogP contribution is -2.16. The summed E-state index contributed by atoms with van der Waals surface area (Å²) in [6, 6.07) is 3.56. The predicted octanol–water partition coefficient (Wildman–Crippen LogP) is 3.72. The number of methoxy groups -OCH3 is 3. The van der Waals surface area contributed by atoms with Crippen LogP contribution in [0.15, 0.2) is 41.5 Å². The molecule has 0 bridgehead atoms. The van der Waals surface area contributed by atoms with Gasteiger partial charge in [0, 0.05) is 5.57 Å². The Bertz CT molecular complexity index is 778. The van der Waals surface area contributed by atoms with Crippen molar-refractivity contribution < 1.29 is 33.3 Å². The van der Waals surface area contributed by atoms with Crippen molar-refractivity contribution in [3.05, 3.63) is 47.1 Å². The molecule has 0 N–H and O–H groups in total. The van der Waals surface area contributed by atoms with E-state index in [1.165, 1.54) is 21.3 Å². The second-order valence-electron chi connectivity index (χ2n) is 5.82. The van der Waals surface area contributed by atoms with Crippen molar-refractivity contribution in [1.29, 1.82) is 0 Å². The minimum absolute atomic E-state index is 0.0503. The molecule has 0 spiro atoms. The van der Waals surface area contributed by atoms with Crippen LogP contribution in [0.5, 0.6) is 17.2 Å². The second-order valence-corrected chi connectivity index (χ2v) is 5.82. The van der Waals surface area contributed by atoms with Gasteiger partial charge in [0.25, 0.3) is 0 Å². The summed E-state index contributed by atoms with van der Waals surface area (Å²) in [6.45, 7) is 4.97. The molecule has 158 valence electrons. The molecule has 0 aliphatic heterocycles. The third kappa shape index (κ3) is 7.03. The van der Waals surface area contributed by atoms with Crippen molar-refractivity contribution in [3.63, 3.8) is 0 Å². The Morgan fingerprint density at radius 2 is 1.52 bits per heavy atom. The number of allylic oxidation sites excluding steroid dienone is 2. The summed E-state index contributed by atoms with van der Waals surface area (Å²) in [4.78, 5) is 23.8. The van der Waals surface area contributed by atoms with E-state index in [-0.39, 0.29) is 18.8 Å². The van der Waals surface area contributed by atoms with E-state index in [4.69, 9.17) is 23.7 Å². The van der Waals surface area contributed by atoms with Crippen LogP contribution in [0.4, 0.5) is 0 Å². The van der Waals surface area contributed by atoms with Crippen molar-refractivity contribution in [2.24, 2.45) is 0 Å². The van der Waals surface area contributed by atoms with Crippen LogP contribution in [-0.2, 0) is 19.1 Å². The third-order valence-corrected chi connectivity index (χ3v) is 4.03. The van der Waals surface area contributed by atoms with Crippen LogP contribution >= 0.6 is 0 Å². The van der Waals surface area contributed by atoms with Crippen LogP contribution in [0.1, 0.15) is 26.3 Å². The zero-order valence-electron chi connectivity index (χ0n) is 17.7. The Balaban J connectivity index is 2.69. The highest BCUT2D eigenvalue weighted by Gasteiger charge is 2.14. The molecule has 0 amide bonds. The van der Waals surface area contributed by atoms with E-state index in [2.05, 4.69) is 0 Å². The number of carbonyl (C=O) groups excluding carboxylic acids is 2. The van der Waals surface area contributed by atoms with E-state index < -0.39 is 11.9 Å². The molecule has 0 unspecified atom stereocenters. The molecule has 0 saturated heterocycles. The quantitative estimate of drug-likeness (QED) is 0.434. The van der Waals surface area contributed by atoms with Crippen LogP contribution < -0.4 is 14.2 Å². The fourth-order valence-corrected chi connectivity index (χ4v) is 2.23. The Morgan fingerprint density at radius 1 is 0.897 bits per heavy atom. The Hall–Kier alpha value is -3.22. The van der Waals surface area contributed by atoms with Crippen molar-refractivity contribution in [2.45, 2.75) is 20.8 Å². The molecule has 0 saturated carbocycles. The van der Waals surface area contributed by atoms with Crippen molar-refractivity contribution >= 4 is 18.0 Å². The van der Waals surface area contributed by atoms with Crippen molar-refractivity contribution in [3.8, 4) is 17.2 Å². The maximum Gasteiger partial charge on any atom is 0.337 e. The maximum absolute atomic E-state index is 12.1. The van der Waals surface area contributed by atoms with Gasteiger partial charge in [0.15, 0.2) is 11.5 Å². The van der Waals surface area contributed by atoms with Crippen molar-refractivity contribution in [2.75, 3.05) is 34.5 Å². The summed E-state index contributed by atoms with van der Waals surface area (Å²) < 4.78 is 26.2. The average Bonchev–Trinajstić information content (AvgIpc) is 2.75. The van der Waals surface area contributed by atoms with Crippen molar-refractivity contribution in [1.82, 2.24) is 0 Å². The third-order valence-electron chi connectivity index (χ3n) is 4.03. The summed E-state index contributed by atoms with van der Waals surface area (Å²) in [5.41, 5.74) is 1.53. The number of carbonyl (C=O) groups is 2. The van der Waals surface area contributed by atoms with E-state index in [0.29, 0.717) is 22.8 Å². The minimum Gasteiger partial charge on any atom is -0.493 e. The fraction of sp³-hybridized carbons (Fsp3) is 0.364. The van der Waals surface area contributed by atoms with E-state index in [9.17, 15) is 9.59 Å². The van der Waals surface area contributed by atoms with Gasteiger partial charge >= 0.3 is 11.9 Å². The maximum atomic E-state index is 12.1. The summed E-state index contributed by atoms with van der Waals surface area (Å²) in [7, 11) is 4.61. The Kier molecular flexibility index (Phi) is 10.1. The summed E-state index contributed by atoms with van der Waals surface area (Å²) in [5, 5.41) is 0. The average molecular weight is 404 g/mol. The SMILES string of the molecule is CC=C(C)C(=O)OCC(=CC)C(=O)OCC=Cc1cc(OC)c(OC)c(OC)c1. The first-order valence-corrected chi connectivity index (χ1v) is 9.00. The number of ether oxygens (including phenoxy) is 5. The molecule has 7 nitrogen and oxygen atoms in total. The first kappa shape index (κ1) is 23.8. The van der Waals surface area contributed by atoms with Crippen LogP contribution in [0.2, 0.25) is 0 Å². The number of hydrogen-bond donors (Lipinski definition) is 0. The normalized spacial score (nSPS) is 11.9. The fourth-order valence-electron chi connectivity index (χ4n) is 2.23. The van der Waals surface area contributed by atoms with Crippen LogP contribution in [0.3, 0.4) is 0 Å². The molecular weight excluding hydrogens is 376 g/mol. The summed E-state index contributed by atoms with van der Waals surface area (Å²) in [5.74, 6) is 0.532. The van der Waals surface area contributed by atoms with Gasteiger partial charge in [-0.1, -0.05) is 18.2 Å². The van der Waals surface area contributed by atoms with Gasteiger partial charge in [-0.05, 0) is 44.5 Å². The summed E-state index contributed by atoms with van der Waals surface area (Å²) >= 11 is 0. The van der Waals surface area contributed by atoms with Gasteiger partial charge in [-0.3, -0.25) is 0 Å². The topological polar surface area (TPSA) is 80.3 Å². The molecule has 1 aromatic rings. The molecule has 1 aromatic carbocycles. The number of rotatable bonds is 10. The number of esters is 2. The van der Waals surface area contributed by atoms with E-state index in [1.807, 2.05) is 0 Å². The number of hydrogen-bond acceptors (Lipinski definition) is 7. The predicted molar refractivity (Wildman–Crippen MR) is 110 cm³/mol. The van der Waals surface area contributed by atoms with Crippen LogP contribution in [0, 0.1) is 0 Å². The Morgan fingerprint density at radius 3 is 2.00 bits per heavy atom. The zero-order chi connectivity index (χ0) is 21.8. The molecule has 0 aliphatic carbocycles. The van der Waals surface area contributed by atoms with Gasteiger partial charge in [0.2, 0.25) is 5.75 Å². The second kappa shape index (κ2) is 12.3. The zero-order valence-corrected chi connectivity index (χ0v) is 17.7. The highest BCUT2D eigenvalue weighted by Crippen LogP contribution is 2.38. The molecule has 0 radical (unpaired) electrons. The molecule has 1 rings (SSSR count). The lowest BCUT2D eigenvalue weighted by Gasteiger charge is -2.12. The van der Waals surface area contributed by atoms with Gasteiger partial charge < -0.3 is 23.7 Å². The van der Waals surface area contributed by atoms with Crippen LogP contribution in [-0.4, -0.2) is 46.5 Å². The van der Waals surface area contributed by atoms with Gasteiger partial charge in [-0.2, -0.15) is 0 Å². The summed E-state index contributed by atoms with van der Waals surface area (Å²) in [6.07, 6.45) is 6.65. The van der Waals surface area contributed by atoms with Gasteiger partial charge in [-0.25, -0.2) is 9.59 Å². The van der Waals surface area contributed by atoms with E-state index in [1.54, 1.807) is 57.2 Å². The molecule has 0 aromatic heterocycles. The lowest BCUT2D eigenvalue weighted by molar-refractivity contribution is -0.141. The molecule has 7 heteroatoms. The first-order valence-electron chi connectivity index (χ1n) is 9.00. The Labute approximate surface area is 171 Å². The molecular formula is C22H28O7. The molecule has 29 heavy (non-hydrogen) atoms. The highest BCUT2D eigenvalue weighted by atomic mass is 16.6. The van der Waals surface area contributed by atoms with E-state index in [0.717, 1.165) is 5.56 Å². The molecule has 0 heterocycles. The largest absolute Gasteiger partial charge is 0.493 e.